The molecule has 0 aliphatic heterocycles. The van der Waals surface area contributed by atoms with Crippen LogP contribution >= 0.6 is 15.9 Å². The monoisotopic (exact) mass is 475 g/mol. The Morgan fingerprint density at radius 3 is 2.36 bits per heavy atom. The minimum absolute atomic E-state index is 0.0767. The van der Waals surface area contributed by atoms with E-state index in [1.807, 2.05) is 19.0 Å². The quantitative estimate of drug-likeness (QED) is 0.666. The van der Waals surface area contributed by atoms with Gasteiger partial charge in [-0.25, -0.2) is 22.3 Å². The van der Waals surface area contributed by atoms with Gasteiger partial charge < -0.3 is 9.80 Å². The number of benzene rings is 2. The summed E-state index contributed by atoms with van der Waals surface area (Å²) in [5.41, 5.74) is 0.222. The van der Waals surface area contributed by atoms with Crippen LogP contribution in [0.1, 0.15) is 15.9 Å². The second-order valence-electron chi connectivity index (χ2n) is 6.45. The number of carbonyl (C=O) groups excluding carboxylic acids is 1. The topological polar surface area (TPSA) is 83.7 Å². The van der Waals surface area contributed by atoms with Gasteiger partial charge in [0.2, 0.25) is 10.0 Å². The van der Waals surface area contributed by atoms with Crippen molar-refractivity contribution in [2.75, 3.05) is 27.2 Å². The van der Waals surface area contributed by atoms with Crippen LogP contribution in [0.25, 0.3) is 0 Å². The van der Waals surface area contributed by atoms with Crippen LogP contribution < -0.4 is 5.14 Å². The molecule has 1 amide bonds. The molecule has 152 valence electrons. The number of amides is 1. The number of sulfonamides is 1. The lowest BCUT2D eigenvalue weighted by molar-refractivity contribution is 0.0729. The number of primary sulfonamides is 1. The Labute approximate surface area is 171 Å². The van der Waals surface area contributed by atoms with Crippen LogP contribution in [-0.4, -0.2) is 51.3 Å². The number of rotatable bonds is 7. The van der Waals surface area contributed by atoms with Gasteiger partial charge in [-0.15, -0.1) is 0 Å². The highest BCUT2D eigenvalue weighted by molar-refractivity contribution is 9.10. The Morgan fingerprint density at radius 2 is 1.79 bits per heavy atom. The molecule has 2 aromatic carbocycles. The van der Waals surface area contributed by atoms with Gasteiger partial charge in [-0.2, -0.15) is 0 Å². The molecule has 0 aliphatic carbocycles. The van der Waals surface area contributed by atoms with Crippen molar-refractivity contribution in [3.05, 3.63) is 63.6 Å². The average Bonchev–Trinajstić information content (AvgIpc) is 2.59. The van der Waals surface area contributed by atoms with Gasteiger partial charge in [-0.3, -0.25) is 4.79 Å². The minimum Gasteiger partial charge on any atom is -0.333 e. The molecule has 0 aromatic heterocycles. The summed E-state index contributed by atoms with van der Waals surface area (Å²) >= 11 is 3.24. The summed E-state index contributed by atoms with van der Waals surface area (Å²) < 4.78 is 50.9. The standard InChI is InChI=1S/C18H20BrF2N3O3S/c1-23(2)7-8-24(11-12-3-4-13(20)9-17(12)21)18(25)15-10-14(28(22,26)27)5-6-16(15)19/h3-6,9-10H,7-8,11H2,1-2H3,(H2,22,26,27). The van der Waals surface area contributed by atoms with E-state index in [0.717, 1.165) is 12.1 Å². The molecule has 0 heterocycles. The van der Waals surface area contributed by atoms with Crippen molar-refractivity contribution < 1.29 is 22.0 Å². The van der Waals surface area contributed by atoms with Crippen LogP contribution in [0, 0.1) is 11.6 Å². The van der Waals surface area contributed by atoms with E-state index in [2.05, 4.69) is 15.9 Å². The highest BCUT2D eigenvalue weighted by atomic mass is 79.9. The molecule has 6 nitrogen and oxygen atoms in total. The van der Waals surface area contributed by atoms with Crippen molar-refractivity contribution in [1.82, 2.24) is 9.80 Å². The van der Waals surface area contributed by atoms with Crippen molar-refractivity contribution in [2.45, 2.75) is 11.4 Å². The maximum atomic E-state index is 14.1. The normalized spacial score (nSPS) is 11.7. The molecule has 0 saturated carbocycles. The minimum atomic E-state index is -4.00. The lowest BCUT2D eigenvalue weighted by Crippen LogP contribution is -2.36. The molecule has 0 radical (unpaired) electrons. The molecule has 0 saturated heterocycles. The van der Waals surface area contributed by atoms with E-state index >= 15 is 0 Å². The Bertz CT molecular complexity index is 984. The number of nitrogens with zero attached hydrogens (tertiary/aromatic N) is 2. The number of halogens is 3. The fourth-order valence-corrected chi connectivity index (χ4v) is 3.40. The zero-order valence-electron chi connectivity index (χ0n) is 15.3. The van der Waals surface area contributed by atoms with Gasteiger partial charge in [0.25, 0.3) is 5.91 Å². The molecule has 0 unspecified atom stereocenters. The first kappa shape index (κ1) is 22.4. The van der Waals surface area contributed by atoms with Crippen molar-refractivity contribution in [2.24, 2.45) is 5.14 Å². The molecule has 0 aliphatic rings. The van der Waals surface area contributed by atoms with Crippen molar-refractivity contribution in [1.29, 1.82) is 0 Å². The lowest BCUT2D eigenvalue weighted by atomic mass is 10.1. The number of hydrogen-bond donors (Lipinski definition) is 1. The first-order valence-corrected chi connectivity index (χ1v) is 10.5. The molecule has 2 aromatic rings. The van der Waals surface area contributed by atoms with Crippen LogP contribution in [0.2, 0.25) is 0 Å². The highest BCUT2D eigenvalue weighted by Gasteiger charge is 2.22. The summed E-state index contributed by atoms with van der Waals surface area (Å²) in [6.07, 6.45) is 0. The van der Waals surface area contributed by atoms with Crippen molar-refractivity contribution >= 4 is 31.9 Å². The summed E-state index contributed by atoms with van der Waals surface area (Å²) in [6.45, 7) is 0.626. The summed E-state index contributed by atoms with van der Waals surface area (Å²) in [5.74, 6) is -1.99. The Morgan fingerprint density at radius 1 is 1.11 bits per heavy atom. The summed E-state index contributed by atoms with van der Waals surface area (Å²) in [4.78, 5) is 16.1. The largest absolute Gasteiger partial charge is 0.333 e. The van der Waals surface area contributed by atoms with E-state index in [0.29, 0.717) is 11.0 Å². The molecular formula is C18H20BrF2N3O3S. The van der Waals surface area contributed by atoms with Crippen LogP contribution in [-0.2, 0) is 16.6 Å². The maximum absolute atomic E-state index is 14.1. The number of nitrogens with two attached hydrogens (primary N) is 1. The summed E-state index contributed by atoms with van der Waals surface area (Å²) in [7, 11) is -0.363. The third-order valence-electron chi connectivity index (χ3n) is 3.98. The van der Waals surface area contributed by atoms with Gasteiger partial charge in [-0.05, 0) is 54.3 Å². The molecule has 0 fully saturated rings. The third-order valence-corrected chi connectivity index (χ3v) is 5.58. The predicted octanol–water partition coefficient (Wildman–Crippen LogP) is 2.58. The number of likely N-dealkylation sites (N-methyl/N-ethyl adjacent to an activating group) is 1. The smallest absolute Gasteiger partial charge is 0.255 e. The van der Waals surface area contributed by atoms with Crippen molar-refractivity contribution in [3.8, 4) is 0 Å². The molecule has 2 rings (SSSR count). The van der Waals surface area contributed by atoms with Gasteiger partial charge in [0, 0.05) is 35.7 Å². The van der Waals surface area contributed by atoms with E-state index in [9.17, 15) is 22.0 Å². The number of hydrogen-bond acceptors (Lipinski definition) is 4. The molecule has 28 heavy (non-hydrogen) atoms. The maximum Gasteiger partial charge on any atom is 0.255 e. The van der Waals surface area contributed by atoms with E-state index in [-0.39, 0.29) is 29.1 Å². The molecule has 2 N–H and O–H groups in total. The summed E-state index contributed by atoms with van der Waals surface area (Å²) in [6, 6.07) is 7.00. The van der Waals surface area contributed by atoms with Gasteiger partial charge in [0.05, 0.1) is 10.5 Å². The average molecular weight is 476 g/mol. The van der Waals surface area contributed by atoms with E-state index in [1.54, 1.807) is 0 Å². The second-order valence-corrected chi connectivity index (χ2v) is 8.87. The van der Waals surface area contributed by atoms with Gasteiger partial charge in [0.15, 0.2) is 0 Å². The highest BCUT2D eigenvalue weighted by Crippen LogP contribution is 2.23. The molecular weight excluding hydrogens is 456 g/mol. The van der Waals surface area contributed by atoms with Gasteiger partial charge in [-0.1, -0.05) is 6.07 Å². The van der Waals surface area contributed by atoms with Gasteiger partial charge >= 0.3 is 0 Å². The third kappa shape index (κ3) is 5.81. The second kappa shape index (κ2) is 9.08. The SMILES string of the molecule is CN(C)CCN(Cc1ccc(F)cc1F)C(=O)c1cc(S(N)(=O)=O)ccc1Br. The fraction of sp³-hybridized carbons (Fsp3) is 0.278. The molecule has 0 bridgehead atoms. The first-order chi connectivity index (χ1) is 13.0. The Hall–Kier alpha value is -1.88. The van der Waals surface area contributed by atoms with Crippen LogP contribution in [0.3, 0.4) is 0 Å². The Kier molecular flexibility index (Phi) is 7.27. The molecule has 0 atom stereocenters. The van der Waals surface area contributed by atoms with E-state index in [1.165, 1.54) is 29.2 Å². The lowest BCUT2D eigenvalue weighted by Gasteiger charge is -2.25. The van der Waals surface area contributed by atoms with Crippen molar-refractivity contribution in [3.63, 3.8) is 0 Å². The predicted molar refractivity (Wildman–Crippen MR) is 105 cm³/mol. The molecule has 0 spiro atoms. The zero-order valence-corrected chi connectivity index (χ0v) is 17.7. The zero-order chi connectivity index (χ0) is 21.1. The van der Waals surface area contributed by atoms with E-state index < -0.39 is 27.6 Å². The Balaban J connectivity index is 2.41. The van der Waals surface area contributed by atoms with Crippen LogP contribution in [0.15, 0.2) is 45.8 Å². The number of carbonyl (C=O) groups is 1. The first-order valence-electron chi connectivity index (χ1n) is 8.19. The summed E-state index contributed by atoms with van der Waals surface area (Å²) in [5, 5.41) is 5.15. The van der Waals surface area contributed by atoms with Gasteiger partial charge in [0.1, 0.15) is 11.6 Å². The van der Waals surface area contributed by atoms with E-state index in [4.69, 9.17) is 5.14 Å². The fourth-order valence-electron chi connectivity index (χ4n) is 2.44. The van der Waals surface area contributed by atoms with Crippen LogP contribution in [0.5, 0.6) is 0 Å². The van der Waals surface area contributed by atoms with Crippen LogP contribution in [0.4, 0.5) is 8.78 Å². The molecule has 10 heteroatoms.